The van der Waals surface area contributed by atoms with Crippen molar-refractivity contribution in [2.45, 2.75) is 27.7 Å². The van der Waals surface area contributed by atoms with Gasteiger partial charge in [0.15, 0.2) is 0 Å². The number of hydrogen-bond acceptors (Lipinski definition) is 3. The van der Waals surface area contributed by atoms with E-state index in [1.165, 1.54) is 27.6 Å². The molecule has 202 valence electrons. The van der Waals surface area contributed by atoms with E-state index < -0.39 is 0 Å². The van der Waals surface area contributed by atoms with Crippen molar-refractivity contribution in [1.29, 1.82) is 0 Å². The number of rotatable bonds is 6. The van der Waals surface area contributed by atoms with Crippen LogP contribution in [0.1, 0.15) is 36.9 Å². The van der Waals surface area contributed by atoms with Gasteiger partial charge in [-0.25, -0.2) is 9.97 Å². The van der Waals surface area contributed by atoms with Gasteiger partial charge in [0.2, 0.25) is 0 Å². The zero-order chi connectivity index (χ0) is 28.9. The number of hydrogen-bond donors (Lipinski definition) is 0. The van der Waals surface area contributed by atoms with Crippen molar-refractivity contribution in [1.82, 2.24) is 9.97 Å². The van der Waals surface area contributed by atoms with Gasteiger partial charge in [0.1, 0.15) is 5.01 Å². The standard InChI is InChI=1S/C36H28N2S.C2H6/c1-5-10-24(7-3)36-38-32-22-27(19-21-33(32)39-36)25-15-17-26(18-16-25)34-29-12-8-9-13-31(29)37-35-28(11-6-2)23(4)14-20-30(34)35;1-2/h5-22H,1,3H2,2,4H3;1-2H3/b11-6-,24-10+;. The van der Waals surface area contributed by atoms with Crippen LogP contribution in [0.3, 0.4) is 0 Å². The van der Waals surface area contributed by atoms with E-state index in [2.05, 4.69) is 118 Å². The van der Waals surface area contributed by atoms with Crippen molar-refractivity contribution in [2.75, 3.05) is 0 Å². The van der Waals surface area contributed by atoms with Crippen LogP contribution in [0.5, 0.6) is 0 Å². The van der Waals surface area contributed by atoms with E-state index in [9.17, 15) is 0 Å². The van der Waals surface area contributed by atoms with Gasteiger partial charge >= 0.3 is 0 Å². The molecule has 0 atom stereocenters. The second-order valence-corrected chi connectivity index (χ2v) is 10.6. The molecule has 0 radical (unpaired) electrons. The number of thiazole rings is 1. The van der Waals surface area contributed by atoms with Gasteiger partial charge in [-0.05, 0) is 54.3 Å². The number of fused-ring (bicyclic) bond motifs is 3. The molecule has 0 unspecified atom stereocenters. The monoisotopic (exact) mass is 550 g/mol. The van der Waals surface area contributed by atoms with E-state index in [-0.39, 0.29) is 0 Å². The second kappa shape index (κ2) is 12.3. The molecule has 0 amide bonds. The van der Waals surface area contributed by atoms with Gasteiger partial charge in [-0.1, -0.05) is 118 Å². The first kappa shape index (κ1) is 27.9. The highest BCUT2D eigenvalue weighted by molar-refractivity contribution is 7.19. The molecular formula is C38H34N2S. The maximum absolute atomic E-state index is 5.10. The molecule has 0 bridgehead atoms. The van der Waals surface area contributed by atoms with Gasteiger partial charge < -0.3 is 0 Å². The lowest BCUT2D eigenvalue weighted by Gasteiger charge is -2.15. The molecule has 6 aromatic rings. The lowest BCUT2D eigenvalue weighted by Crippen LogP contribution is -1.93. The minimum absolute atomic E-state index is 0.955. The Morgan fingerprint density at radius 3 is 2.24 bits per heavy atom. The number of allylic oxidation sites excluding steroid dienone is 5. The zero-order valence-electron chi connectivity index (χ0n) is 24.1. The number of nitrogens with zero attached hydrogens (tertiary/aromatic N) is 2. The van der Waals surface area contributed by atoms with E-state index in [0.717, 1.165) is 48.3 Å². The smallest absolute Gasteiger partial charge is 0.124 e. The van der Waals surface area contributed by atoms with Gasteiger partial charge in [0.25, 0.3) is 0 Å². The molecule has 2 nitrogen and oxygen atoms in total. The summed E-state index contributed by atoms with van der Waals surface area (Å²) in [6.07, 6.45) is 9.79. The van der Waals surface area contributed by atoms with Crippen LogP contribution in [0.2, 0.25) is 0 Å². The first-order chi connectivity index (χ1) is 20.1. The van der Waals surface area contributed by atoms with Crippen LogP contribution in [-0.2, 0) is 0 Å². The van der Waals surface area contributed by atoms with E-state index in [0.29, 0.717) is 0 Å². The van der Waals surface area contributed by atoms with E-state index >= 15 is 0 Å². The Bertz CT molecular complexity index is 1950. The number of aryl methyl sites for hydroxylation is 1. The van der Waals surface area contributed by atoms with E-state index in [1.807, 2.05) is 26.0 Å². The Balaban J connectivity index is 0.00000165. The lowest BCUT2D eigenvalue weighted by molar-refractivity contribution is 1.42. The molecule has 2 heterocycles. The molecular weight excluding hydrogens is 516 g/mol. The van der Waals surface area contributed by atoms with Crippen LogP contribution in [0.25, 0.3) is 65.9 Å². The number of aromatic nitrogens is 2. The predicted molar refractivity (Wildman–Crippen MR) is 182 cm³/mol. The van der Waals surface area contributed by atoms with Crippen molar-refractivity contribution < 1.29 is 0 Å². The molecule has 6 rings (SSSR count). The predicted octanol–water partition coefficient (Wildman–Crippen LogP) is 11.5. The SMILES string of the molecule is C=C/C=C(\C=C)c1nc2cc(-c3ccc(-c4c5ccccc5nc5c(/C=C\C)c(C)ccc45)cc3)ccc2s1.CC. The average molecular weight is 551 g/mol. The highest BCUT2D eigenvalue weighted by Gasteiger charge is 2.15. The summed E-state index contributed by atoms with van der Waals surface area (Å²) in [6, 6.07) is 28.2. The van der Waals surface area contributed by atoms with Crippen LogP contribution < -0.4 is 0 Å². The first-order valence-corrected chi connectivity index (χ1v) is 14.8. The summed E-state index contributed by atoms with van der Waals surface area (Å²) in [4.78, 5) is 9.97. The van der Waals surface area contributed by atoms with E-state index in [4.69, 9.17) is 9.97 Å². The minimum atomic E-state index is 0.955. The second-order valence-electron chi connectivity index (χ2n) is 9.54. The summed E-state index contributed by atoms with van der Waals surface area (Å²) in [7, 11) is 0. The van der Waals surface area contributed by atoms with Crippen molar-refractivity contribution in [3.8, 4) is 22.3 Å². The van der Waals surface area contributed by atoms with Crippen molar-refractivity contribution in [3.05, 3.63) is 132 Å². The summed E-state index contributed by atoms with van der Waals surface area (Å²) in [5.74, 6) is 0. The normalized spacial score (nSPS) is 11.7. The third-order valence-electron chi connectivity index (χ3n) is 7.10. The molecule has 0 N–H and O–H groups in total. The third kappa shape index (κ3) is 5.29. The first-order valence-electron chi connectivity index (χ1n) is 14.0. The molecule has 0 aliphatic rings. The van der Waals surface area contributed by atoms with Crippen molar-refractivity contribution in [2.24, 2.45) is 0 Å². The summed E-state index contributed by atoms with van der Waals surface area (Å²) < 4.78 is 1.16. The number of benzene rings is 4. The Labute approximate surface area is 246 Å². The van der Waals surface area contributed by atoms with Crippen LogP contribution in [-0.4, -0.2) is 9.97 Å². The highest BCUT2D eigenvalue weighted by atomic mass is 32.1. The molecule has 0 aliphatic heterocycles. The fourth-order valence-corrected chi connectivity index (χ4v) is 6.15. The molecule has 2 aromatic heterocycles. The lowest BCUT2D eigenvalue weighted by atomic mass is 9.92. The summed E-state index contributed by atoms with van der Waals surface area (Å²) in [5, 5.41) is 3.29. The number of pyridine rings is 1. The zero-order valence-corrected chi connectivity index (χ0v) is 24.9. The Kier molecular flexibility index (Phi) is 8.37. The highest BCUT2D eigenvalue weighted by Crippen LogP contribution is 2.38. The van der Waals surface area contributed by atoms with Gasteiger partial charge in [-0.3, -0.25) is 0 Å². The maximum Gasteiger partial charge on any atom is 0.124 e. The molecule has 0 saturated carbocycles. The maximum atomic E-state index is 5.10. The van der Waals surface area contributed by atoms with Crippen LogP contribution >= 0.6 is 11.3 Å². The topological polar surface area (TPSA) is 25.8 Å². The summed E-state index contributed by atoms with van der Waals surface area (Å²) in [5.41, 5.74) is 11.1. The van der Waals surface area contributed by atoms with Crippen molar-refractivity contribution >= 4 is 55.0 Å². The van der Waals surface area contributed by atoms with Crippen LogP contribution in [0, 0.1) is 6.92 Å². The Morgan fingerprint density at radius 1 is 0.780 bits per heavy atom. The molecule has 0 aliphatic carbocycles. The van der Waals surface area contributed by atoms with Crippen LogP contribution in [0.4, 0.5) is 0 Å². The van der Waals surface area contributed by atoms with E-state index in [1.54, 1.807) is 17.4 Å². The van der Waals surface area contributed by atoms with Crippen LogP contribution in [0.15, 0.2) is 116 Å². The molecule has 0 fully saturated rings. The molecule has 41 heavy (non-hydrogen) atoms. The van der Waals surface area contributed by atoms with Gasteiger partial charge in [-0.2, -0.15) is 0 Å². The molecule has 3 heteroatoms. The number of para-hydroxylation sites is 1. The van der Waals surface area contributed by atoms with Crippen molar-refractivity contribution in [3.63, 3.8) is 0 Å². The molecule has 4 aromatic carbocycles. The largest absolute Gasteiger partial charge is 0.247 e. The summed E-state index contributed by atoms with van der Waals surface area (Å²) in [6.45, 7) is 15.9. The minimum Gasteiger partial charge on any atom is -0.247 e. The third-order valence-corrected chi connectivity index (χ3v) is 8.19. The molecule has 0 spiro atoms. The average Bonchev–Trinajstić information content (AvgIpc) is 3.44. The van der Waals surface area contributed by atoms with Gasteiger partial charge in [0, 0.05) is 27.5 Å². The quantitative estimate of drug-likeness (QED) is 0.152. The Morgan fingerprint density at radius 2 is 1.51 bits per heavy atom. The summed E-state index contributed by atoms with van der Waals surface area (Å²) >= 11 is 1.67. The fourth-order valence-electron chi connectivity index (χ4n) is 5.18. The molecule has 0 saturated heterocycles. The van der Waals surface area contributed by atoms with Gasteiger partial charge in [0.05, 0.1) is 21.3 Å². The Hall–Kier alpha value is -4.60. The van der Waals surface area contributed by atoms with Gasteiger partial charge in [-0.15, -0.1) is 11.3 Å². The fraction of sp³-hybridized carbons (Fsp3) is 0.105.